The largest absolute Gasteiger partial charge is 0.496 e. The van der Waals surface area contributed by atoms with Crippen molar-refractivity contribution in [3.63, 3.8) is 0 Å². The minimum Gasteiger partial charge on any atom is -0.496 e. The summed E-state index contributed by atoms with van der Waals surface area (Å²) in [5.74, 6) is 0.0498. The molecule has 0 aliphatic carbocycles. The molecular weight excluding hydrogens is 372 g/mol. The average Bonchev–Trinajstić information content (AvgIpc) is 2.57. The van der Waals surface area contributed by atoms with Crippen LogP contribution in [0.25, 0.3) is 6.08 Å². The summed E-state index contributed by atoms with van der Waals surface area (Å²) in [7, 11) is 1.53. The highest BCUT2D eigenvalue weighted by Crippen LogP contribution is 2.21. The predicted molar refractivity (Wildman–Crippen MR) is 96.0 cm³/mol. The van der Waals surface area contributed by atoms with Crippen molar-refractivity contribution in [1.82, 2.24) is 0 Å². The van der Waals surface area contributed by atoms with Gasteiger partial charge in [0.25, 0.3) is 0 Å². The van der Waals surface area contributed by atoms with Gasteiger partial charge in [-0.05, 0) is 48.9 Å². The van der Waals surface area contributed by atoms with Crippen LogP contribution in [0.4, 0.5) is 0 Å². The molecule has 0 spiro atoms. The molecule has 2 aromatic carbocycles. The lowest BCUT2D eigenvalue weighted by molar-refractivity contribution is -0.138. The lowest BCUT2D eigenvalue weighted by Gasteiger charge is -2.09. The molecular formula is C19H17BrO4. The molecule has 124 valence electrons. The lowest BCUT2D eigenvalue weighted by atomic mass is 10.1. The van der Waals surface area contributed by atoms with Gasteiger partial charge in [0.05, 0.1) is 7.11 Å². The van der Waals surface area contributed by atoms with Crippen molar-refractivity contribution in [2.75, 3.05) is 7.11 Å². The maximum absolute atomic E-state index is 11.9. The van der Waals surface area contributed by atoms with Gasteiger partial charge in [-0.1, -0.05) is 28.1 Å². The number of carbonyl (C=O) groups excluding carboxylic acids is 2. The van der Waals surface area contributed by atoms with Gasteiger partial charge in [0.1, 0.15) is 12.4 Å². The van der Waals surface area contributed by atoms with E-state index in [0.29, 0.717) is 16.9 Å². The SMILES string of the molecule is COc1ccc(C(C)=O)cc1COC(=O)C=Cc1cccc(Br)c1. The first kappa shape index (κ1) is 17.9. The Bertz CT molecular complexity index is 781. The van der Waals surface area contributed by atoms with E-state index in [-0.39, 0.29) is 12.4 Å². The van der Waals surface area contributed by atoms with Crippen LogP contribution in [0.2, 0.25) is 0 Å². The number of Topliss-reactive ketones (excluding diaryl/α,β-unsaturated/α-hetero) is 1. The Morgan fingerprint density at radius 1 is 1.17 bits per heavy atom. The lowest BCUT2D eigenvalue weighted by Crippen LogP contribution is -2.04. The topological polar surface area (TPSA) is 52.6 Å². The summed E-state index contributed by atoms with van der Waals surface area (Å²) in [5, 5.41) is 0. The fourth-order valence-electron chi connectivity index (χ4n) is 2.08. The Hall–Kier alpha value is -2.40. The van der Waals surface area contributed by atoms with Gasteiger partial charge in [-0.15, -0.1) is 0 Å². The molecule has 0 atom stereocenters. The van der Waals surface area contributed by atoms with Crippen LogP contribution in [0.5, 0.6) is 5.75 Å². The normalized spacial score (nSPS) is 10.6. The van der Waals surface area contributed by atoms with Crippen LogP contribution in [-0.2, 0) is 16.1 Å². The third kappa shape index (κ3) is 5.06. The second-order valence-corrected chi connectivity index (χ2v) is 5.99. The number of ether oxygens (including phenoxy) is 2. The molecule has 24 heavy (non-hydrogen) atoms. The van der Waals surface area contributed by atoms with Crippen molar-refractivity contribution >= 4 is 33.8 Å². The van der Waals surface area contributed by atoms with Crippen LogP contribution in [0.1, 0.15) is 28.4 Å². The second-order valence-electron chi connectivity index (χ2n) is 5.08. The molecule has 0 amide bonds. The summed E-state index contributed by atoms with van der Waals surface area (Å²) in [6.07, 6.45) is 3.04. The number of methoxy groups -OCH3 is 1. The molecule has 0 saturated heterocycles. The highest BCUT2D eigenvalue weighted by molar-refractivity contribution is 9.10. The summed E-state index contributed by atoms with van der Waals surface area (Å²) in [4.78, 5) is 23.3. The zero-order chi connectivity index (χ0) is 17.5. The maximum atomic E-state index is 11.9. The summed E-state index contributed by atoms with van der Waals surface area (Å²) in [5.41, 5.74) is 2.08. The molecule has 0 radical (unpaired) electrons. The van der Waals surface area contributed by atoms with Crippen LogP contribution >= 0.6 is 15.9 Å². The molecule has 0 aliphatic heterocycles. The first-order chi connectivity index (χ1) is 11.5. The number of ketones is 1. The van der Waals surface area contributed by atoms with Crippen molar-refractivity contribution in [2.24, 2.45) is 0 Å². The third-order valence-electron chi connectivity index (χ3n) is 3.32. The van der Waals surface area contributed by atoms with E-state index < -0.39 is 5.97 Å². The highest BCUT2D eigenvalue weighted by Gasteiger charge is 2.09. The van der Waals surface area contributed by atoms with E-state index in [1.54, 1.807) is 24.3 Å². The predicted octanol–water partition coefficient (Wildman–Crippen LogP) is 4.42. The Balaban J connectivity index is 2.03. The van der Waals surface area contributed by atoms with E-state index in [1.165, 1.54) is 20.1 Å². The standard InChI is InChI=1S/C19H17BrO4/c1-13(21)15-7-8-18(23-2)16(11-15)12-24-19(22)9-6-14-4-3-5-17(20)10-14/h3-11H,12H2,1-2H3. The Kier molecular flexibility index (Phi) is 6.32. The van der Waals surface area contributed by atoms with Crippen molar-refractivity contribution < 1.29 is 19.1 Å². The minimum atomic E-state index is -0.467. The zero-order valence-corrected chi connectivity index (χ0v) is 15.0. The van der Waals surface area contributed by atoms with Crippen molar-refractivity contribution in [3.8, 4) is 5.75 Å². The number of esters is 1. The highest BCUT2D eigenvalue weighted by atomic mass is 79.9. The van der Waals surface area contributed by atoms with Crippen LogP contribution in [0.15, 0.2) is 53.0 Å². The number of hydrogen-bond acceptors (Lipinski definition) is 4. The van der Waals surface area contributed by atoms with Crippen LogP contribution < -0.4 is 4.74 Å². The number of carbonyl (C=O) groups is 2. The fourth-order valence-corrected chi connectivity index (χ4v) is 2.50. The van der Waals surface area contributed by atoms with E-state index >= 15 is 0 Å². The molecule has 5 heteroatoms. The summed E-state index contributed by atoms with van der Waals surface area (Å²) < 4.78 is 11.4. The fraction of sp³-hybridized carbons (Fsp3) is 0.158. The number of halogens is 1. The smallest absolute Gasteiger partial charge is 0.331 e. The molecule has 0 saturated carbocycles. The van der Waals surface area contributed by atoms with E-state index in [0.717, 1.165) is 10.0 Å². The summed E-state index contributed by atoms with van der Waals surface area (Å²) in [6.45, 7) is 1.52. The molecule has 0 aliphatic rings. The molecule has 0 bridgehead atoms. The molecule has 2 rings (SSSR count). The molecule has 0 heterocycles. The number of benzene rings is 2. The zero-order valence-electron chi connectivity index (χ0n) is 13.4. The van der Waals surface area contributed by atoms with Gasteiger partial charge in [-0.25, -0.2) is 4.79 Å². The molecule has 0 aromatic heterocycles. The molecule has 0 fully saturated rings. The number of rotatable bonds is 6. The van der Waals surface area contributed by atoms with Crippen LogP contribution in [0, 0.1) is 0 Å². The van der Waals surface area contributed by atoms with E-state index in [4.69, 9.17) is 9.47 Å². The molecule has 0 N–H and O–H groups in total. The van der Waals surface area contributed by atoms with Crippen molar-refractivity contribution in [3.05, 3.63) is 69.7 Å². The third-order valence-corrected chi connectivity index (χ3v) is 3.81. The molecule has 4 nitrogen and oxygen atoms in total. The van der Waals surface area contributed by atoms with Gasteiger partial charge < -0.3 is 9.47 Å². The summed E-state index contributed by atoms with van der Waals surface area (Å²) in [6, 6.07) is 12.6. The van der Waals surface area contributed by atoms with Gasteiger partial charge in [0.2, 0.25) is 0 Å². The maximum Gasteiger partial charge on any atom is 0.331 e. The Labute approximate surface area is 149 Å². The van der Waals surface area contributed by atoms with Gasteiger partial charge in [-0.2, -0.15) is 0 Å². The van der Waals surface area contributed by atoms with Gasteiger partial charge in [0.15, 0.2) is 5.78 Å². The first-order valence-corrected chi connectivity index (χ1v) is 8.07. The minimum absolute atomic E-state index is 0.0337. The van der Waals surface area contributed by atoms with Gasteiger partial charge >= 0.3 is 5.97 Å². The first-order valence-electron chi connectivity index (χ1n) is 7.28. The van der Waals surface area contributed by atoms with E-state index in [1.807, 2.05) is 24.3 Å². The molecule has 0 unspecified atom stereocenters. The second kappa shape index (κ2) is 8.45. The monoisotopic (exact) mass is 388 g/mol. The van der Waals surface area contributed by atoms with E-state index in [9.17, 15) is 9.59 Å². The van der Waals surface area contributed by atoms with Gasteiger partial charge in [-0.3, -0.25) is 4.79 Å². The number of hydrogen-bond donors (Lipinski definition) is 0. The quantitative estimate of drug-likeness (QED) is 0.417. The van der Waals surface area contributed by atoms with Crippen molar-refractivity contribution in [2.45, 2.75) is 13.5 Å². The Morgan fingerprint density at radius 2 is 1.96 bits per heavy atom. The summed E-state index contributed by atoms with van der Waals surface area (Å²) >= 11 is 3.37. The van der Waals surface area contributed by atoms with Crippen molar-refractivity contribution in [1.29, 1.82) is 0 Å². The van der Waals surface area contributed by atoms with E-state index in [2.05, 4.69) is 15.9 Å². The average molecular weight is 389 g/mol. The Morgan fingerprint density at radius 3 is 2.62 bits per heavy atom. The van der Waals surface area contributed by atoms with Gasteiger partial charge in [0, 0.05) is 21.7 Å². The van der Waals surface area contributed by atoms with Crippen LogP contribution in [0.3, 0.4) is 0 Å². The molecule has 2 aromatic rings. The van der Waals surface area contributed by atoms with Crippen LogP contribution in [-0.4, -0.2) is 18.9 Å².